The summed E-state index contributed by atoms with van der Waals surface area (Å²) < 4.78 is 44.7. The van der Waals surface area contributed by atoms with Gasteiger partial charge in [0, 0.05) is 77.5 Å². The fourth-order valence-corrected chi connectivity index (χ4v) is 6.32. The molecule has 2 saturated heterocycles. The number of halogens is 2. The minimum absolute atomic E-state index is 0.109. The summed E-state index contributed by atoms with van der Waals surface area (Å²) >= 11 is 12.2. The first-order valence-electron chi connectivity index (χ1n) is 22.9. The molecule has 22 heteroatoms. The van der Waals surface area contributed by atoms with E-state index in [1.165, 1.54) is 12.4 Å². The predicted octanol–water partition coefficient (Wildman–Crippen LogP) is 2.10. The predicted molar refractivity (Wildman–Crippen MR) is 246 cm³/mol. The van der Waals surface area contributed by atoms with E-state index in [0.717, 1.165) is 25.9 Å². The molecule has 0 aliphatic carbocycles. The number of carbonyl (C=O) groups is 4. The third-order valence-electron chi connectivity index (χ3n) is 10.0. The summed E-state index contributed by atoms with van der Waals surface area (Å²) in [6, 6.07) is 3.86. The molecule has 2 aromatic heterocycles. The Bertz CT molecular complexity index is 1590. The maximum atomic E-state index is 12.5. The zero-order valence-electron chi connectivity index (χ0n) is 37.8. The number of rotatable bonds is 39. The van der Waals surface area contributed by atoms with Crippen LogP contribution in [0.15, 0.2) is 24.5 Å². The molecule has 2 aliphatic heterocycles. The van der Waals surface area contributed by atoms with E-state index in [2.05, 4.69) is 41.9 Å². The second kappa shape index (κ2) is 34.3. The fourth-order valence-electron chi connectivity index (χ4n) is 5.94. The van der Waals surface area contributed by atoms with Gasteiger partial charge in [0.25, 0.3) is 11.8 Å². The number of hydrogen-bond donors (Lipinski definition) is 6. The lowest BCUT2D eigenvalue weighted by Crippen LogP contribution is -2.46. The van der Waals surface area contributed by atoms with Crippen LogP contribution in [0.1, 0.15) is 72.1 Å². The average Bonchev–Trinajstić information content (AvgIpc) is 3.28. The molecular formula is C44H68Cl2N8O12. The molecule has 0 spiro atoms. The largest absolute Gasteiger partial charge is 0.490 e. The first kappa shape index (κ1) is 54.6. The summed E-state index contributed by atoms with van der Waals surface area (Å²) in [6.07, 6.45) is 7.89. The van der Waals surface area contributed by atoms with Crippen LogP contribution < -0.4 is 41.4 Å². The molecule has 2 fully saturated rings. The summed E-state index contributed by atoms with van der Waals surface area (Å²) in [6.45, 7) is 9.98. The quantitative estimate of drug-likeness (QED) is 0.0416. The van der Waals surface area contributed by atoms with Gasteiger partial charge in [-0.25, -0.2) is 9.97 Å². The number of nitrogens with zero attached hydrogens (tertiary/aromatic N) is 2. The zero-order chi connectivity index (χ0) is 46.9. The van der Waals surface area contributed by atoms with Gasteiger partial charge >= 0.3 is 0 Å². The van der Waals surface area contributed by atoms with Gasteiger partial charge in [0.05, 0.1) is 76.4 Å². The van der Waals surface area contributed by atoms with Crippen LogP contribution in [-0.2, 0) is 38.0 Å². The monoisotopic (exact) mass is 970 g/mol. The van der Waals surface area contributed by atoms with Crippen LogP contribution in [0.2, 0.25) is 10.3 Å². The molecule has 1 unspecified atom stereocenters. The number of amides is 4. The van der Waals surface area contributed by atoms with Crippen LogP contribution in [0.25, 0.3) is 0 Å². The van der Waals surface area contributed by atoms with Crippen molar-refractivity contribution in [2.75, 3.05) is 132 Å². The third-order valence-corrected chi connectivity index (χ3v) is 10.6. The molecule has 4 rings (SSSR count). The highest BCUT2D eigenvalue weighted by Gasteiger charge is 2.20. The molecule has 370 valence electrons. The van der Waals surface area contributed by atoms with Crippen molar-refractivity contribution < 1.29 is 57.1 Å². The van der Waals surface area contributed by atoms with E-state index in [9.17, 15) is 19.2 Å². The molecular weight excluding hydrogens is 903 g/mol. The Morgan fingerprint density at radius 3 is 1.15 bits per heavy atom. The van der Waals surface area contributed by atoms with Crippen LogP contribution >= 0.6 is 23.2 Å². The SMILES string of the molecule is O=C(CCC(=O)NCCCOCCOCCOCCCNC(=O)c1cc(OC[C@@H]2CCN2)cnc1Cl)NCCCOCCOCCOCCCNC(=O)c1cc(OCC2CCN2)cnc1Cl. The Labute approximate surface area is 397 Å². The minimum atomic E-state index is -0.317. The van der Waals surface area contributed by atoms with Crippen molar-refractivity contribution in [3.8, 4) is 11.5 Å². The molecule has 4 heterocycles. The van der Waals surface area contributed by atoms with Crippen molar-refractivity contribution >= 4 is 46.8 Å². The number of nitrogens with one attached hydrogen (secondary N) is 6. The Morgan fingerprint density at radius 2 is 0.833 bits per heavy atom. The number of aromatic nitrogens is 2. The molecule has 20 nitrogen and oxygen atoms in total. The summed E-state index contributed by atoms with van der Waals surface area (Å²) in [5.41, 5.74) is 0.540. The summed E-state index contributed by atoms with van der Waals surface area (Å²) in [5, 5.41) is 18.0. The van der Waals surface area contributed by atoms with Gasteiger partial charge in [-0.15, -0.1) is 0 Å². The van der Waals surface area contributed by atoms with E-state index in [4.69, 9.17) is 61.1 Å². The molecule has 66 heavy (non-hydrogen) atoms. The van der Waals surface area contributed by atoms with E-state index >= 15 is 0 Å². The van der Waals surface area contributed by atoms with Gasteiger partial charge in [0.1, 0.15) is 35.0 Å². The Balaban J connectivity index is 0.817. The Morgan fingerprint density at radius 1 is 0.515 bits per heavy atom. The first-order valence-corrected chi connectivity index (χ1v) is 23.6. The van der Waals surface area contributed by atoms with E-state index < -0.39 is 0 Å². The molecule has 2 aromatic rings. The molecule has 0 aromatic carbocycles. The van der Waals surface area contributed by atoms with Crippen molar-refractivity contribution in [2.45, 2.75) is 63.5 Å². The van der Waals surface area contributed by atoms with Crippen LogP contribution in [-0.4, -0.2) is 177 Å². The first-order chi connectivity index (χ1) is 32.3. The summed E-state index contributed by atoms with van der Waals surface area (Å²) in [5.74, 6) is -0.000775. The van der Waals surface area contributed by atoms with Crippen molar-refractivity contribution in [1.29, 1.82) is 0 Å². The van der Waals surface area contributed by atoms with E-state index in [1.54, 1.807) is 12.1 Å². The smallest absolute Gasteiger partial charge is 0.254 e. The normalized spacial score (nSPS) is 15.3. The number of ether oxygens (including phenoxy) is 8. The highest BCUT2D eigenvalue weighted by atomic mass is 35.5. The maximum Gasteiger partial charge on any atom is 0.254 e. The number of pyridine rings is 2. The standard InChI is InChI=1S/C44H68Cl2N8O12/c45-41-37(27-35(29-53-41)65-31-33-7-13-47-33)43(57)51-11-3-17-61-21-25-63-23-19-59-15-1-9-49-39(55)5-6-40(56)50-10-2-16-60-20-24-64-26-22-62-18-4-12-52-44(58)38-28-36(30-54-42(38)46)66-32-34-8-14-48-34/h27-30,33-34,47-48H,1-26,31-32H2,(H,49,55)(H,50,56)(H,51,57)(H,52,58)/t33-,34?/m0/s1. The topological polar surface area (TPSA) is 240 Å². The van der Waals surface area contributed by atoms with Gasteiger partial charge < -0.3 is 69.8 Å². The highest BCUT2D eigenvalue weighted by molar-refractivity contribution is 6.33. The van der Waals surface area contributed by atoms with Crippen molar-refractivity contribution in [1.82, 2.24) is 41.9 Å². The second-order valence-electron chi connectivity index (χ2n) is 15.3. The third kappa shape index (κ3) is 24.2. The van der Waals surface area contributed by atoms with Gasteiger partial charge in [-0.3, -0.25) is 19.2 Å². The van der Waals surface area contributed by atoms with Gasteiger partial charge in [-0.1, -0.05) is 23.2 Å². The lowest BCUT2D eigenvalue weighted by atomic mass is 10.1. The number of carbonyl (C=O) groups excluding carboxylic acids is 4. The van der Waals surface area contributed by atoms with Gasteiger partial charge in [0.15, 0.2) is 0 Å². The summed E-state index contributed by atoms with van der Waals surface area (Å²) in [7, 11) is 0. The van der Waals surface area contributed by atoms with Crippen molar-refractivity contribution in [2.24, 2.45) is 0 Å². The van der Waals surface area contributed by atoms with Crippen LogP contribution in [0.3, 0.4) is 0 Å². The lowest BCUT2D eigenvalue weighted by molar-refractivity contribution is -0.126. The Kier molecular flexibility index (Phi) is 28.4. The average molecular weight is 972 g/mol. The molecule has 0 bridgehead atoms. The Hall–Kier alpha value is -3.96. The van der Waals surface area contributed by atoms with Crippen molar-refractivity contribution in [3.05, 3.63) is 46.0 Å². The highest BCUT2D eigenvalue weighted by Crippen LogP contribution is 2.21. The lowest BCUT2D eigenvalue weighted by Gasteiger charge is -2.27. The van der Waals surface area contributed by atoms with E-state index in [1.807, 2.05) is 0 Å². The molecule has 4 amide bonds. The summed E-state index contributed by atoms with van der Waals surface area (Å²) in [4.78, 5) is 57.4. The maximum absolute atomic E-state index is 12.5. The molecule has 6 N–H and O–H groups in total. The fraction of sp³-hybridized carbons (Fsp3) is 0.682. The van der Waals surface area contributed by atoms with Crippen LogP contribution in [0.4, 0.5) is 0 Å². The van der Waals surface area contributed by atoms with E-state index in [0.29, 0.717) is 168 Å². The van der Waals surface area contributed by atoms with Crippen molar-refractivity contribution in [3.63, 3.8) is 0 Å². The van der Waals surface area contributed by atoms with Gasteiger partial charge in [-0.2, -0.15) is 0 Å². The zero-order valence-corrected chi connectivity index (χ0v) is 39.3. The van der Waals surface area contributed by atoms with Gasteiger partial charge in [-0.05, 0) is 63.7 Å². The van der Waals surface area contributed by atoms with Crippen LogP contribution in [0.5, 0.6) is 11.5 Å². The number of hydrogen-bond acceptors (Lipinski definition) is 16. The van der Waals surface area contributed by atoms with Crippen LogP contribution in [0, 0.1) is 0 Å². The second-order valence-corrected chi connectivity index (χ2v) is 16.0. The molecule has 0 saturated carbocycles. The van der Waals surface area contributed by atoms with Gasteiger partial charge in [0.2, 0.25) is 11.8 Å². The minimum Gasteiger partial charge on any atom is -0.490 e. The molecule has 0 radical (unpaired) electrons. The van der Waals surface area contributed by atoms with E-state index in [-0.39, 0.29) is 57.9 Å². The molecule has 2 aliphatic rings. The molecule has 2 atom stereocenters.